The minimum Gasteiger partial charge on any atom is -0.444 e. The molecule has 6 nitrogen and oxygen atoms in total. The zero-order valence-electron chi connectivity index (χ0n) is 14.1. The van der Waals surface area contributed by atoms with Crippen molar-refractivity contribution in [2.75, 3.05) is 11.9 Å². The molecule has 1 atom stereocenters. The average molecular weight is 396 g/mol. The molecule has 0 aliphatic carbocycles. The average Bonchev–Trinajstić information content (AvgIpc) is 2.84. The van der Waals surface area contributed by atoms with Gasteiger partial charge in [0, 0.05) is 6.61 Å². The number of hydrogen-bond donors (Lipinski definition) is 1. The lowest BCUT2D eigenvalue weighted by Crippen LogP contribution is -2.27. The zero-order chi connectivity index (χ0) is 17.3. The molecule has 1 aliphatic rings. The van der Waals surface area contributed by atoms with Gasteiger partial charge in [0.05, 0.1) is 16.6 Å². The first kappa shape index (κ1) is 17.2. The molecule has 2 aromatic rings. The summed E-state index contributed by atoms with van der Waals surface area (Å²) in [7, 11) is 0. The minimum atomic E-state index is -0.546. The normalized spacial score (nSPS) is 18.6. The van der Waals surface area contributed by atoms with Crippen molar-refractivity contribution >= 4 is 38.6 Å². The van der Waals surface area contributed by atoms with E-state index in [9.17, 15) is 4.79 Å². The first-order chi connectivity index (χ1) is 11.3. The third-order valence-electron chi connectivity index (χ3n) is 3.76. The van der Waals surface area contributed by atoms with E-state index in [1.165, 1.54) is 0 Å². The van der Waals surface area contributed by atoms with Crippen LogP contribution >= 0.6 is 15.9 Å². The lowest BCUT2D eigenvalue weighted by molar-refractivity contribution is -0.0368. The second kappa shape index (κ2) is 6.72. The van der Waals surface area contributed by atoms with Crippen molar-refractivity contribution in [2.45, 2.75) is 51.9 Å². The Morgan fingerprint density at radius 3 is 2.88 bits per heavy atom. The molecule has 2 heterocycles. The Labute approximate surface area is 149 Å². The number of amides is 1. The molecule has 0 spiro atoms. The van der Waals surface area contributed by atoms with Gasteiger partial charge in [-0.05, 0) is 68.1 Å². The highest BCUT2D eigenvalue weighted by Crippen LogP contribution is 2.34. The number of nitrogens with one attached hydrogen (secondary N) is 1. The number of nitrogens with zero attached hydrogens (tertiary/aromatic N) is 2. The van der Waals surface area contributed by atoms with Crippen LogP contribution in [0.3, 0.4) is 0 Å². The Bertz CT molecular complexity index is 745. The lowest BCUT2D eigenvalue weighted by atomic mass is 10.2. The summed E-state index contributed by atoms with van der Waals surface area (Å²) in [5.41, 5.74) is 1.04. The second-order valence-electron chi connectivity index (χ2n) is 6.88. The number of carbonyl (C=O) groups is 1. The molecule has 1 fully saturated rings. The van der Waals surface area contributed by atoms with Crippen molar-refractivity contribution in [1.29, 1.82) is 0 Å². The molecular weight excluding hydrogens is 374 g/mol. The molecule has 130 valence electrons. The van der Waals surface area contributed by atoms with Crippen LogP contribution in [0, 0.1) is 0 Å². The molecule has 24 heavy (non-hydrogen) atoms. The van der Waals surface area contributed by atoms with E-state index >= 15 is 0 Å². The summed E-state index contributed by atoms with van der Waals surface area (Å²) in [6.45, 7) is 6.25. The lowest BCUT2D eigenvalue weighted by Gasteiger charge is -2.23. The fraction of sp³-hybridized carbons (Fsp3) is 0.529. The molecule has 0 saturated carbocycles. The minimum absolute atomic E-state index is 0.0654. The van der Waals surface area contributed by atoms with Crippen molar-refractivity contribution in [1.82, 2.24) is 9.78 Å². The highest BCUT2D eigenvalue weighted by atomic mass is 79.9. The highest BCUT2D eigenvalue weighted by Gasteiger charge is 2.23. The molecule has 3 rings (SSSR count). The number of anilines is 1. The number of ether oxygens (including phenoxy) is 2. The SMILES string of the molecule is CC(C)(C)OC(=O)Nc1cccc2c1c(Br)nn2C1CCCCO1. The van der Waals surface area contributed by atoms with E-state index in [0.29, 0.717) is 10.3 Å². The molecule has 1 amide bonds. The Kier molecular flexibility index (Phi) is 4.83. The van der Waals surface area contributed by atoms with Gasteiger partial charge in [0.15, 0.2) is 6.23 Å². The fourth-order valence-corrected chi connectivity index (χ4v) is 3.39. The summed E-state index contributed by atoms with van der Waals surface area (Å²) >= 11 is 3.51. The topological polar surface area (TPSA) is 65.4 Å². The molecule has 1 aromatic carbocycles. The van der Waals surface area contributed by atoms with E-state index in [1.807, 2.05) is 43.7 Å². The second-order valence-corrected chi connectivity index (χ2v) is 7.63. The van der Waals surface area contributed by atoms with Gasteiger partial charge in [-0.1, -0.05) is 6.07 Å². The van der Waals surface area contributed by atoms with E-state index < -0.39 is 11.7 Å². The third kappa shape index (κ3) is 3.72. The third-order valence-corrected chi connectivity index (χ3v) is 4.31. The molecule has 0 radical (unpaired) electrons. The summed E-state index contributed by atoms with van der Waals surface area (Å²) < 4.78 is 13.7. The van der Waals surface area contributed by atoms with E-state index in [-0.39, 0.29) is 6.23 Å². The van der Waals surface area contributed by atoms with Crippen molar-refractivity contribution < 1.29 is 14.3 Å². The largest absolute Gasteiger partial charge is 0.444 e. The van der Waals surface area contributed by atoms with Crippen LogP contribution in [0.5, 0.6) is 0 Å². The van der Waals surface area contributed by atoms with E-state index in [4.69, 9.17) is 9.47 Å². The summed E-state index contributed by atoms with van der Waals surface area (Å²) in [6, 6.07) is 5.71. The molecule has 1 aliphatic heterocycles. The van der Waals surface area contributed by atoms with Crippen molar-refractivity contribution in [3.05, 3.63) is 22.8 Å². The van der Waals surface area contributed by atoms with Gasteiger partial charge in [-0.3, -0.25) is 5.32 Å². The summed E-state index contributed by atoms with van der Waals surface area (Å²) in [5.74, 6) is 0. The van der Waals surface area contributed by atoms with E-state index in [2.05, 4.69) is 26.3 Å². The summed E-state index contributed by atoms with van der Waals surface area (Å²) in [5, 5.41) is 8.23. The molecule has 1 N–H and O–H groups in total. The van der Waals surface area contributed by atoms with Gasteiger partial charge in [-0.15, -0.1) is 0 Å². The molecule has 7 heteroatoms. The number of hydrogen-bond acceptors (Lipinski definition) is 4. The van der Waals surface area contributed by atoms with Crippen LogP contribution in [0.15, 0.2) is 22.8 Å². The summed E-state index contributed by atoms with van der Waals surface area (Å²) in [4.78, 5) is 12.1. The monoisotopic (exact) mass is 395 g/mol. The molecule has 1 unspecified atom stereocenters. The van der Waals surface area contributed by atoms with Crippen LogP contribution in [-0.4, -0.2) is 28.1 Å². The van der Waals surface area contributed by atoms with Gasteiger partial charge >= 0.3 is 6.09 Å². The standard InChI is InChI=1S/C17H22BrN3O3/c1-17(2,3)24-16(22)19-11-7-6-8-12-14(11)15(18)20-21(12)13-9-4-5-10-23-13/h6-8,13H,4-5,9-10H2,1-3H3,(H,19,22). The molecule has 1 aromatic heterocycles. The Hall–Kier alpha value is -1.60. The van der Waals surface area contributed by atoms with Gasteiger partial charge in [-0.25, -0.2) is 9.48 Å². The van der Waals surface area contributed by atoms with E-state index in [1.54, 1.807) is 0 Å². The maximum absolute atomic E-state index is 12.1. The molecular formula is C17H22BrN3O3. The van der Waals surface area contributed by atoms with Crippen molar-refractivity contribution in [3.8, 4) is 0 Å². The van der Waals surface area contributed by atoms with Crippen LogP contribution < -0.4 is 5.32 Å². The fourth-order valence-electron chi connectivity index (χ4n) is 2.80. The Morgan fingerprint density at radius 1 is 1.42 bits per heavy atom. The Balaban J connectivity index is 1.92. The van der Waals surface area contributed by atoms with Crippen LogP contribution in [0.1, 0.15) is 46.3 Å². The number of fused-ring (bicyclic) bond motifs is 1. The number of benzene rings is 1. The molecule has 1 saturated heterocycles. The quantitative estimate of drug-likeness (QED) is 0.789. The van der Waals surface area contributed by atoms with Crippen molar-refractivity contribution in [2.24, 2.45) is 0 Å². The predicted octanol–water partition coefficient (Wildman–Crippen LogP) is 4.84. The van der Waals surface area contributed by atoms with Crippen LogP contribution in [-0.2, 0) is 9.47 Å². The van der Waals surface area contributed by atoms with Gasteiger partial charge < -0.3 is 9.47 Å². The number of halogens is 1. The van der Waals surface area contributed by atoms with Crippen LogP contribution in [0.2, 0.25) is 0 Å². The van der Waals surface area contributed by atoms with Gasteiger partial charge in [-0.2, -0.15) is 5.10 Å². The zero-order valence-corrected chi connectivity index (χ0v) is 15.7. The first-order valence-corrected chi connectivity index (χ1v) is 8.93. The van der Waals surface area contributed by atoms with Gasteiger partial charge in [0.25, 0.3) is 0 Å². The number of rotatable bonds is 2. The highest BCUT2D eigenvalue weighted by molar-refractivity contribution is 9.10. The van der Waals surface area contributed by atoms with Crippen LogP contribution in [0.25, 0.3) is 10.9 Å². The maximum atomic E-state index is 12.1. The smallest absolute Gasteiger partial charge is 0.412 e. The maximum Gasteiger partial charge on any atom is 0.412 e. The molecule has 0 bridgehead atoms. The van der Waals surface area contributed by atoms with Crippen LogP contribution in [0.4, 0.5) is 10.5 Å². The van der Waals surface area contributed by atoms with E-state index in [0.717, 1.165) is 36.8 Å². The van der Waals surface area contributed by atoms with Gasteiger partial charge in [0.2, 0.25) is 0 Å². The summed E-state index contributed by atoms with van der Waals surface area (Å²) in [6.07, 6.45) is 2.60. The Morgan fingerprint density at radius 2 is 2.21 bits per heavy atom. The van der Waals surface area contributed by atoms with Gasteiger partial charge in [0.1, 0.15) is 10.2 Å². The van der Waals surface area contributed by atoms with Crippen molar-refractivity contribution in [3.63, 3.8) is 0 Å². The first-order valence-electron chi connectivity index (χ1n) is 8.13. The predicted molar refractivity (Wildman–Crippen MR) is 96.1 cm³/mol. The number of carbonyl (C=O) groups excluding carboxylic acids is 1. The number of aromatic nitrogens is 2.